The summed E-state index contributed by atoms with van der Waals surface area (Å²) in [6.07, 6.45) is 0.190. The summed E-state index contributed by atoms with van der Waals surface area (Å²) >= 11 is 1.32. The number of carbonyl (C=O) groups excluding carboxylic acids is 2. The van der Waals surface area contributed by atoms with Crippen molar-refractivity contribution in [2.24, 2.45) is 10.9 Å². The highest BCUT2D eigenvalue weighted by atomic mass is 32.2. The molecule has 1 aromatic carbocycles. The van der Waals surface area contributed by atoms with Crippen LogP contribution in [0.25, 0.3) is 0 Å². The molecule has 0 fully saturated rings. The molecule has 1 unspecified atom stereocenters. The van der Waals surface area contributed by atoms with Gasteiger partial charge in [-0.15, -0.1) is 10.2 Å². The maximum Gasteiger partial charge on any atom is 0.349 e. The van der Waals surface area contributed by atoms with E-state index in [-0.39, 0.29) is 18.1 Å². The van der Waals surface area contributed by atoms with Crippen molar-refractivity contribution < 1.29 is 18.4 Å². The molecular formula is C16H15FN4O3S. The maximum atomic E-state index is 12.9. The molecule has 9 heteroatoms. The molecule has 3 amide bonds. The van der Waals surface area contributed by atoms with Crippen molar-refractivity contribution in [3.05, 3.63) is 41.5 Å². The molecule has 0 saturated carbocycles. The Morgan fingerprint density at radius 1 is 1.24 bits per heavy atom. The number of benzene rings is 1. The number of nitrogens with zero attached hydrogens (tertiary/aromatic N) is 4. The number of rotatable bonds is 5. The average molecular weight is 362 g/mol. The van der Waals surface area contributed by atoms with E-state index in [4.69, 9.17) is 4.42 Å². The number of aromatic nitrogens is 2. The highest BCUT2D eigenvalue weighted by Gasteiger charge is 2.34. The number of imide groups is 1. The number of urea groups is 1. The molecule has 2 aromatic rings. The van der Waals surface area contributed by atoms with Crippen molar-refractivity contribution in [3.8, 4) is 0 Å². The zero-order valence-corrected chi connectivity index (χ0v) is 14.4. The lowest BCUT2D eigenvalue weighted by molar-refractivity contribution is -0.129. The van der Waals surface area contributed by atoms with E-state index in [0.29, 0.717) is 22.6 Å². The van der Waals surface area contributed by atoms with Gasteiger partial charge >= 0.3 is 6.03 Å². The number of hydrogen-bond acceptors (Lipinski definition) is 6. The molecule has 0 bridgehead atoms. The van der Waals surface area contributed by atoms with Gasteiger partial charge in [0.1, 0.15) is 5.82 Å². The zero-order chi connectivity index (χ0) is 18.0. The Kier molecular flexibility index (Phi) is 4.93. The Hall–Kier alpha value is -2.55. The van der Waals surface area contributed by atoms with Crippen LogP contribution in [0.1, 0.15) is 18.4 Å². The summed E-state index contributed by atoms with van der Waals surface area (Å²) in [5.74, 6) is -0.347. The average Bonchev–Trinajstić information content (AvgIpc) is 3.04. The predicted molar refractivity (Wildman–Crippen MR) is 88.7 cm³/mol. The van der Waals surface area contributed by atoms with Gasteiger partial charge in [-0.05, 0) is 24.6 Å². The summed E-state index contributed by atoms with van der Waals surface area (Å²) in [6, 6.07) is 5.59. The first-order chi connectivity index (χ1) is 11.9. The molecule has 7 nitrogen and oxygen atoms in total. The number of carbonyl (C=O) groups is 2. The highest BCUT2D eigenvalue weighted by Crippen LogP contribution is 2.24. The minimum Gasteiger partial charge on any atom is -0.416 e. The van der Waals surface area contributed by atoms with E-state index >= 15 is 0 Å². The quantitative estimate of drug-likeness (QED) is 0.760. The fourth-order valence-electron chi connectivity index (χ4n) is 2.32. The molecule has 130 valence electrons. The number of halogens is 1. The second-order valence-corrected chi connectivity index (χ2v) is 6.49. The van der Waals surface area contributed by atoms with Crippen molar-refractivity contribution in [1.29, 1.82) is 0 Å². The fraction of sp³-hybridized carbons (Fsp3) is 0.312. The van der Waals surface area contributed by atoms with Gasteiger partial charge < -0.3 is 4.42 Å². The molecule has 1 aliphatic heterocycles. The monoisotopic (exact) mass is 362 g/mol. The number of thioether (sulfide) groups is 1. The van der Waals surface area contributed by atoms with Crippen molar-refractivity contribution in [3.63, 3.8) is 0 Å². The van der Waals surface area contributed by atoms with E-state index in [0.717, 1.165) is 10.5 Å². The molecule has 2 heterocycles. The third kappa shape index (κ3) is 3.93. The Morgan fingerprint density at radius 3 is 2.68 bits per heavy atom. The van der Waals surface area contributed by atoms with Gasteiger partial charge in [0.25, 0.3) is 5.22 Å². The smallest absolute Gasteiger partial charge is 0.349 e. The molecule has 0 N–H and O–H groups in total. The standard InChI is InChI=1S/C16H15FN4O3S/c1-9-12(14(22)21(2)15(23)18-9)7-13-19-20-16(24-13)25-8-10-3-5-11(17)6-4-10/h3-6,12H,7-8H2,1-2H3. The lowest BCUT2D eigenvalue weighted by Crippen LogP contribution is -2.44. The van der Waals surface area contributed by atoms with Crippen molar-refractivity contribution >= 4 is 29.4 Å². The minimum absolute atomic E-state index is 0.190. The number of amides is 3. The van der Waals surface area contributed by atoms with Gasteiger partial charge in [-0.2, -0.15) is 0 Å². The van der Waals surface area contributed by atoms with Gasteiger partial charge in [0, 0.05) is 24.9 Å². The molecule has 25 heavy (non-hydrogen) atoms. The molecular weight excluding hydrogens is 347 g/mol. The maximum absolute atomic E-state index is 12.9. The van der Waals surface area contributed by atoms with Crippen LogP contribution in [0.4, 0.5) is 9.18 Å². The minimum atomic E-state index is -0.585. The van der Waals surface area contributed by atoms with Gasteiger partial charge in [-0.3, -0.25) is 9.69 Å². The molecule has 0 radical (unpaired) electrons. The lowest BCUT2D eigenvalue weighted by Gasteiger charge is -2.24. The molecule has 1 aromatic heterocycles. The van der Waals surface area contributed by atoms with E-state index in [1.54, 1.807) is 19.1 Å². The Labute approximate surface area is 147 Å². The van der Waals surface area contributed by atoms with E-state index in [1.807, 2.05) is 0 Å². The van der Waals surface area contributed by atoms with E-state index in [1.165, 1.54) is 30.9 Å². The molecule has 3 rings (SSSR count). The van der Waals surface area contributed by atoms with Crippen molar-refractivity contribution in [2.45, 2.75) is 24.3 Å². The summed E-state index contributed by atoms with van der Waals surface area (Å²) < 4.78 is 18.4. The van der Waals surface area contributed by atoms with Crippen LogP contribution < -0.4 is 0 Å². The second kappa shape index (κ2) is 7.14. The van der Waals surface area contributed by atoms with Crippen LogP contribution in [0.15, 0.2) is 38.9 Å². The Balaban J connectivity index is 1.63. The largest absolute Gasteiger partial charge is 0.416 e. The molecule has 0 spiro atoms. The van der Waals surface area contributed by atoms with Gasteiger partial charge in [0.05, 0.1) is 5.92 Å². The predicted octanol–water partition coefficient (Wildman–Crippen LogP) is 2.71. The molecule has 0 aliphatic carbocycles. The Bertz CT molecular complexity index is 834. The number of aliphatic imine (C=N–C) groups is 1. The van der Waals surface area contributed by atoms with E-state index in [9.17, 15) is 14.0 Å². The number of hydrogen-bond donors (Lipinski definition) is 0. The van der Waals surface area contributed by atoms with Crippen LogP contribution in [-0.2, 0) is 17.0 Å². The van der Waals surface area contributed by atoms with Crippen LogP contribution in [0, 0.1) is 11.7 Å². The van der Waals surface area contributed by atoms with Gasteiger partial charge in [-0.1, -0.05) is 23.9 Å². The normalized spacial score (nSPS) is 17.8. The van der Waals surface area contributed by atoms with Crippen molar-refractivity contribution in [1.82, 2.24) is 15.1 Å². The van der Waals surface area contributed by atoms with Crippen LogP contribution in [0.3, 0.4) is 0 Å². The molecule has 0 saturated heterocycles. The van der Waals surface area contributed by atoms with E-state index < -0.39 is 11.9 Å². The first kappa shape index (κ1) is 17.3. The molecule has 1 atom stereocenters. The van der Waals surface area contributed by atoms with Gasteiger partial charge in [0.15, 0.2) is 0 Å². The van der Waals surface area contributed by atoms with Crippen molar-refractivity contribution in [2.75, 3.05) is 7.05 Å². The van der Waals surface area contributed by atoms with Crippen LogP contribution in [0.5, 0.6) is 0 Å². The first-order valence-electron chi connectivity index (χ1n) is 7.50. The summed E-state index contributed by atoms with van der Waals surface area (Å²) in [7, 11) is 1.39. The van der Waals surface area contributed by atoms with Crippen LogP contribution in [0.2, 0.25) is 0 Å². The van der Waals surface area contributed by atoms with E-state index in [2.05, 4.69) is 15.2 Å². The summed E-state index contributed by atoms with van der Waals surface area (Å²) in [5, 5.41) is 8.24. The lowest BCUT2D eigenvalue weighted by atomic mass is 9.97. The summed E-state index contributed by atoms with van der Waals surface area (Å²) in [6.45, 7) is 1.63. The topological polar surface area (TPSA) is 88.7 Å². The van der Waals surface area contributed by atoms with Gasteiger partial charge in [-0.25, -0.2) is 14.2 Å². The zero-order valence-electron chi connectivity index (χ0n) is 13.6. The summed E-state index contributed by atoms with van der Waals surface area (Å²) in [4.78, 5) is 28.5. The fourth-order valence-corrected chi connectivity index (χ4v) is 3.06. The second-order valence-electron chi connectivity index (χ2n) is 5.57. The third-order valence-corrected chi connectivity index (χ3v) is 4.68. The SMILES string of the molecule is CC1=NC(=O)N(C)C(=O)C1Cc1nnc(SCc2ccc(F)cc2)o1. The van der Waals surface area contributed by atoms with Gasteiger partial charge in [0.2, 0.25) is 11.8 Å². The highest BCUT2D eigenvalue weighted by molar-refractivity contribution is 7.98. The Morgan fingerprint density at radius 2 is 1.96 bits per heavy atom. The first-order valence-corrected chi connectivity index (χ1v) is 8.49. The third-order valence-electron chi connectivity index (χ3n) is 3.79. The molecule has 1 aliphatic rings. The van der Waals surface area contributed by atoms with Crippen LogP contribution in [-0.4, -0.2) is 39.8 Å². The summed E-state index contributed by atoms with van der Waals surface area (Å²) in [5.41, 5.74) is 1.36. The van der Waals surface area contributed by atoms with Crippen LogP contribution >= 0.6 is 11.8 Å².